The Morgan fingerprint density at radius 2 is 1.93 bits per heavy atom. The molecule has 4 heteroatoms. The molecule has 3 N–H and O–H groups in total. The van der Waals surface area contributed by atoms with Crippen LogP contribution in [-0.2, 0) is 11.2 Å². The van der Waals surface area contributed by atoms with E-state index in [0.29, 0.717) is 19.5 Å². The number of nitrogens with one attached hydrogen (secondary N) is 1. The Morgan fingerprint density at radius 3 is 2.50 bits per heavy atom. The fraction of sp³-hybridized carbons (Fsp3) is 0.300. The summed E-state index contributed by atoms with van der Waals surface area (Å²) in [5.41, 5.74) is 6.28. The summed E-state index contributed by atoms with van der Waals surface area (Å²) in [5, 5.41) is 2.72. The van der Waals surface area contributed by atoms with E-state index in [4.69, 9.17) is 5.73 Å². The maximum atomic E-state index is 11.2. The quantitative estimate of drug-likeness (QED) is 0.777. The van der Waals surface area contributed by atoms with Gasteiger partial charge in [0.25, 0.3) is 0 Å². The molecule has 0 bridgehead atoms. The van der Waals surface area contributed by atoms with Crippen molar-refractivity contribution in [1.82, 2.24) is 5.32 Å². The van der Waals surface area contributed by atoms with Gasteiger partial charge in [0, 0.05) is 13.1 Å². The second-order valence-corrected chi connectivity index (χ2v) is 2.80. The van der Waals surface area contributed by atoms with Crippen LogP contribution in [0.3, 0.4) is 0 Å². The first-order valence-electron chi connectivity index (χ1n) is 4.33. The normalized spacial score (nSPS) is 8.93. The Labute approximate surface area is 90.1 Å². The van der Waals surface area contributed by atoms with Crippen molar-refractivity contribution in [3.05, 3.63) is 35.9 Å². The van der Waals surface area contributed by atoms with Gasteiger partial charge in [0.2, 0.25) is 5.91 Å². The Bertz CT molecular complexity index is 264. The van der Waals surface area contributed by atoms with Crippen molar-refractivity contribution < 1.29 is 4.79 Å². The number of carbonyl (C=O) groups excluding carboxylic acids is 1. The van der Waals surface area contributed by atoms with Gasteiger partial charge in [0.15, 0.2) is 0 Å². The molecule has 1 aromatic rings. The summed E-state index contributed by atoms with van der Waals surface area (Å²) in [4.78, 5) is 11.2. The Kier molecular flexibility index (Phi) is 6.80. The van der Waals surface area contributed by atoms with Crippen molar-refractivity contribution in [3.8, 4) is 0 Å². The lowest BCUT2D eigenvalue weighted by atomic mass is 10.1. The van der Waals surface area contributed by atoms with Gasteiger partial charge in [-0.1, -0.05) is 30.3 Å². The highest BCUT2D eigenvalue weighted by molar-refractivity contribution is 5.85. The van der Waals surface area contributed by atoms with Gasteiger partial charge in [-0.2, -0.15) is 0 Å². The van der Waals surface area contributed by atoms with Crippen LogP contribution in [0.25, 0.3) is 0 Å². The zero-order valence-corrected chi connectivity index (χ0v) is 8.72. The molecule has 14 heavy (non-hydrogen) atoms. The molecule has 0 saturated heterocycles. The van der Waals surface area contributed by atoms with Crippen LogP contribution in [0, 0.1) is 0 Å². The van der Waals surface area contributed by atoms with E-state index in [1.165, 1.54) is 0 Å². The molecule has 1 rings (SSSR count). The van der Waals surface area contributed by atoms with E-state index in [9.17, 15) is 4.79 Å². The van der Waals surface area contributed by atoms with Crippen LogP contribution < -0.4 is 11.1 Å². The molecule has 0 aliphatic carbocycles. The Hall–Kier alpha value is -1.06. The molecule has 0 aliphatic rings. The van der Waals surface area contributed by atoms with Crippen LogP contribution in [0.1, 0.15) is 5.56 Å². The van der Waals surface area contributed by atoms with Crippen LogP contribution in [0.4, 0.5) is 0 Å². The molecule has 78 valence electrons. The number of nitrogens with two attached hydrogens (primary N) is 1. The SMILES string of the molecule is Cl.NCCNC(=O)Cc1ccccc1. The topological polar surface area (TPSA) is 55.1 Å². The molecule has 0 aliphatic heterocycles. The molecule has 0 unspecified atom stereocenters. The fourth-order valence-electron chi connectivity index (χ4n) is 1.06. The molecule has 1 aromatic carbocycles. The van der Waals surface area contributed by atoms with Gasteiger partial charge in [0.1, 0.15) is 0 Å². The largest absolute Gasteiger partial charge is 0.355 e. The summed E-state index contributed by atoms with van der Waals surface area (Å²) < 4.78 is 0. The van der Waals surface area contributed by atoms with Crippen molar-refractivity contribution in [2.45, 2.75) is 6.42 Å². The molecular formula is C10H15ClN2O. The Morgan fingerprint density at radius 1 is 1.29 bits per heavy atom. The predicted octanol–water partition coefficient (Wildman–Crippen LogP) is 0.726. The predicted molar refractivity (Wildman–Crippen MR) is 59.5 cm³/mol. The lowest BCUT2D eigenvalue weighted by Crippen LogP contribution is -2.30. The summed E-state index contributed by atoms with van der Waals surface area (Å²) in [6.07, 6.45) is 0.431. The molecule has 3 nitrogen and oxygen atoms in total. The minimum atomic E-state index is 0. The molecule has 0 saturated carbocycles. The summed E-state index contributed by atoms with van der Waals surface area (Å²) in [6, 6.07) is 9.64. The standard InChI is InChI=1S/C10H14N2O.ClH/c11-6-7-12-10(13)8-9-4-2-1-3-5-9;/h1-5H,6-8,11H2,(H,12,13);1H. The van der Waals surface area contributed by atoms with Crippen molar-refractivity contribution >= 4 is 18.3 Å². The molecule has 0 atom stereocenters. The fourth-order valence-corrected chi connectivity index (χ4v) is 1.06. The minimum absolute atomic E-state index is 0. The average molecular weight is 215 g/mol. The first-order chi connectivity index (χ1) is 6.33. The molecule has 0 radical (unpaired) electrons. The lowest BCUT2D eigenvalue weighted by molar-refractivity contribution is -0.120. The number of rotatable bonds is 4. The van der Waals surface area contributed by atoms with Crippen LogP contribution >= 0.6 is 12.4 Å². The molecule has 0 aromatic heterocycles. The smallest absolute Gasteiger partial charge is 0.224 e. The van der Waals surface area contributed by atoms with Crippen molar-refractivity contribution in [3.63, 3.8) is 0 Å². The van der Waals surface area contributed by atoms with Gasteiger partial charge in [-0.15, -0.1) is 12.4 Å². The van der Waals surface area contributed by atoms with Gasteiger partial charge < -0.3 is 11.1 Å². The zero-order chi connectivity index (χ0) is 9.52. The van der Waals surface area contributed by atoms with E-state index in [1.807, 2.05) is 30.3 Å². The highest BCUT2D eigenvalue weighted by atomic mass is 35.5. The molecule has 0 fully saturated rings. The first kappa shape index (κ1) is 12.9. The summed E-state index contributed by atoms with van der Waals surface area (Å²) in [6.45, 7) is 1.03. The third-order valence-electron chi connectivity index (χ3n) is 1.67. The third-order valence-corrected chi connectivity index (χ3v) is 1.67. The van der Waals surface area contributed by atoms with Crippen LogP contribution in [0.5, 0.6) is 0 Å². The monoisotopic (exact) mass is 214 g/mol. The van der Waals surface area contributed by atoms with Crippen LogP contribution in [0.2, 0.25) is 0 Å². The number of halogens is 1. The zero-order valence-electron chi connectivity index (χ0n) is 7.90. The van der Waals surface area contributed by atoms with Crippen molar-refractivity contribution in [2.24, 2.45) is 5.73 Å². The number of hydrogen-bond acceptors (Lipinski definition) is 2. The van der Waals surface area contributed by atoms with E-state index >= 15 is 0 Å². The lowest BCUT2D eigenvalue weighted by Gasteiger charge is -2.02. The van der Waals surface area contributed by atoms with Crippen LogP contribution in [-0.4, -0.2) is 19.0 Å². The van der Waals surface area contributed by atoms with Crippen molar-refractivity contribution in [2.75, 3.05) is 13.1 Å². The van der Waals surface area contributed by atoms with E-state index in [2.05, 4.69) is 5.32 Å². The minimum Gasteiger partial charge on any atom is -0.355 e. The number of amides is 1. The molecule has 0 spiro atoms. The Balaban J connectivity index is 0.00000169. The highest BCUT2D eigenvalue weighted by Gasteiger charge is 2.00. The van der Waals surface area contributed by atoms with E-state index in [0.717, 1.165) is 5.56 Å². The third kappa shape index (κ3) is 4.84. The summed E-state index contributed by atoms with van der Waals surface area (Å²) in [7, 11) is 0. The van der Waals surface area contributed by atoms with Gasteiger partial charge in [-0.3, -0.25) is 4.79 Å². The van der Waals surface area contributed by atoms with Gasteiger partial charge >= 0.3 is 0 Å². The number of benzene rings is 1. The average Bonchev–Trinajstić information content (AvgIpc) is 2.16. The van der Waals surface area contributed by atoms with Crippen LogP contribution in [0.15, 0.2) is 30.3 Å². The second kappa shape index (κ2) is 7.35. The maximum Gasteiger partial charge on any atom is 0.224 e. The van der Waals surface area contributed by atoms with Gasteiger partial charge in [-0.25, -0.2) is 0 Å². The highest BCUT2D eigenvalue weighted by Crippen LogP contribution is 1.98. The number of carbonyl (C=O) groups is 1. The second-order valence-electron chi connectivity index (χ2n) is 2.80. The first-order valence-corrected chi connectivity index (χ1v) is 4.33. The van der Waals surface area contributed by atoms with Gasteiger partial charge in [-0.05, 0) is 5.56 Å². The van der Waals surface area contributed by atoms with E-state index in [1.54, 1.807) is 0 Å². The van der Waals surface area contributed by atoms with E-state index < -0.39 is 0 Å². The van der Waals surface area contributed by atoms with Crippen molar-refractivity contribution in [1.29, 1.82) is 0 Å². The van der Waals surface area contributed by atoms with Gasteiger partial charge in [0.05, 0.1) is 6.42 Å². The van der Waals surface area contributed by atoms with E-state index in [-0.39, 0.29) is 18.3 Å². The summed E-state index contributed by atoms with van der Waals surface area (Å²) >= 11 is 0. The maximum absolute atomic E-state index is 11.2. The molecule has 0 heterocycles. The molecule has 1 amide bonds. The molecular weight excluding hydrogens is 200 g/mol. The summed E-state index contributed by atoms with van der Waals surface area (Å²) in [5.74, 6) is 0.0247. The number of hydrogen-bond donors (Lipinski definition) is 2.